The number of rotatable bonds is 6. The number of nitrogens with one attached hydrogen (secondary N) is 1. The minimum Gasteiger partial charge on any atom is -0.494 e. The van der Waals surface area contributed by atoms with Crippen LogP contribution < -0.4 is 10.1 Å². The second-order valence-electron chi connectivity index (χ2n) is 4.61. The first-order valence-electron chi connectivity index (χ1n) is 6.39. The molecule has 1 aliphatic carbocycles. The Morgan fingerprint density at radius 3 is 2.89 bits per heavy atom. The van der Waals surface area contributed by atoms with Crippen LogP contribution in [0.1, 0.15) is 31.7 Å². The summed E-state index contributed by atoms with van der Waals surface area (Å²) in [4.78, 5) is 11.7. The Labute approximate surface area is 107 Å². The van der Waals surface area contributed by atoms with Gasteiger partial charge < -0.3 is 15.2 Å². The van der Waals surface area contributed by atoms with Crippen LogP contribution in [-0.4, -0.2) is 17.6 Å². The van der Waals surface area contributed by atoms with Gasteiger partial charge in [-0.15, -0.1) is 0 Å². The lowest BCUT2D eigenvalue weighted by Gasteiger charge is -2.11. The summed E-state index contributed by atoms with van der Waals surface area (Å²) in [7, 11) is 0. The van der Waals surface area contributed by atoms with Crippen LogP contribution in [0.5, 0.6) is 5.75 Å². The van der Waals surface area contributed by atoms with Crippen molar-refractivity contribution < 1.29 is 14.6 Å². The van der Waals surface area contributed by atoms with Crippen LogP contribution in [0.4, 0.5) is 5.69 Å². The van der Waals surface area contributed by atoms with Gasteiger partial charge in [-0.05, 0) is 43.9 Å². The smallest absolute Gasteiger partial charge is 0.224 e. The van der Waals surface area contributed by atoms with E-state index in [9.17, 15) is 9.90 Å². The number of aliphatic hydroxyl groups excluding tert-OH is 1. The molecule has 0 radical (unpaired) electrons. The Balaban J connectivity index is 2.01. The fraction of sp³-hybridized carbons (Fsp3) is 0.500. The van der Waals surface area contributed by atoms with Gasteiger partial charge >= 0.3 is 0 Å². The Morgan fingerprint density at radius 2 is 2.28 bits per heavy atom. The third-order valence-corrected chi connectivity index (χ3v) is 2.99. The molecule has 1 fully saturated rings. The zero-order valence-corrected chi connectivity index (χ0v) is 10.6. The molecule has 2 rings (SSSR count). The summed E-state index contributed by atoms with van der Waals surface area (Å²) < 4.78 is 5.39. The lowest BCUT2D eigenvalue weighted by molar-refractivity contribution is -0.116. The quantitative estimate of drug-likeness (QED) is 0.813. The van der Waals surface area contributed by atoms with E-state index in [1.54, 1.807) is 18.2 Å². The van der Waals surface area contributed by atoms with Gasteiger partial charge in [-0.2, -0.15) is 0 Å². The minimum absolute atomic E-state index is 0.0468. The van der Waals surface area contributed by atoms with Gasteiger partial charge in [-0.1, -0.05) is 0 Å². The van der Waals surface area contributed by atoms with E-state index >= 15 is 0 Å². The summed E-state index contributed by atoms with van der Waals surface area (Å²) in [5, 5.41) is 12.1. The summed E-state index contributed by atoms with van der Waals surface area (Å²) >= 11 is 0. The van der Waals surface area contributed by atoms with Crippen LogP contribution in [0.25, 0.3) is 0 Å². The molecular weight excluding hydrogens is 230 g/mol. The average Bonchev–Trinajstić information content (AvgIpc) is 3.15. The molecule has 0 heterocycles. The Morgan fingerprint density at radius 1 is 1.50 bits per heavy atom. The first-order chi connectivity index (χ1) is 8.72. The maximum absolute atomic E-state index is 11.7. The minimum atomic E-state index is -0.0956. The van der Waals surface area contributed by atoms with E-state index in [1.165, 1.54) is 12.8 Å². The summed E-state index contributed by atoms with van der Waals surface area (Å²) in [6.45, 7) is 2.36. The molecule has 1 aliphatic rings. The first-order valence-corrected chi connectivity index (χ1v) is 6.39. The second-order valence-corrected chi connectivity index (χ2v) is 4.61. The lowest BCUT2D eigenvalue weighted by Crippen LogP contribution is -2.12. The maximum atomic E-state index is 11.7. The molecule has 1 aromatic carbocycles. The van der Waals surface area contributed by atoms with E-state index in [0.29, 0.717) is 35.9 Å². The maximum Gasteiger partial charge on any atom is 0.224 e. The summed E-state index contributed by atoms with van der Waals surface area (Å²) in [6.07, 6.45) is 2.93. The fourth-order valence-electron chi connectivity index (χ4n) is 1.87. The zero-order valence-electron chi connectivity index (χ0n) is 10.6. The molecule has 0 bridgehead atoms. The predicted molar refractivity (Wildman–Crippen MR) is 69.5 cm³/mol. The molecule has 0 unspecified atom stereocenters. The number of benzene rings is 1. The molecule has 18 heavy (non-hydrogen) atoms. The summed E-state index contributed by atoms with van der Waals surface area (Å²) in [5.74, 6) is 1.29. The number of hydrogen-bond acceptors (Lipinski definition) is 3. The first kappa shape index (κ1) is 12.9. The van der Waals surface area contributed by atoms with Crippen molar-refractivity contribution in [2.24, 2.45) is 5.92 Å². The van der Waals surface area contributed by atoms with Crippen LogP contribution in [0.2, 0.25) is 0 Å². The molecule has 1 saturated carbocycles. The van der Waals surface area contributed by atoms with Crippen LogP contribution >= 0.6 is 0 Å². The van der Waals surface area contributed by atoms with E-state index in [1.807, 2.05) is 6.92 Å². The van der Waals surface area contributed by atoms with Crippen molar-refractivity contribution >= 4 is 11.6 Å². The molecule has 1 amide bonds. The average molecular weight is 249 g/mol. The van der Waals surface area contributed by atoms with Crippen LogP contribution in [-0.2, 0) is 11.4 Å². The van der Waals surface area contributed by atoms with Gasteiger partial charge in [0, 0.05) is 17.7 Å². The molecule has 0 spiro atoms. The second kappa shape index (κ2) is 5.87. The van der Waals surface area contributed by atoms with Crippen molar-refractivity contribution in [1.82, 2.24) is 0 Å². The molecule has 0 saturated heterocycles. The van der Waals surface area contributed by atoms with Gasteiger partial charge in [0.05, 0.1) is 13.2 Å². The van der Waals surface area contributed by atoms with Crippen molar-refractivity contribution in [2.75, 3.05) is 11.9 Å². The standard InChI is InChI=1S/C14H19NO3/c1-2-18-13-6-5-12(8-11(13)9-16)15-14(17)7-10-3-4-10/h5-6,8,10,16H,2-4,7,9H2,1H3,(H,15,17). The van der Waals surface area contributed by atoms with Gasteiger partial charge in [0.2, 0.25) is 5.91 Å². The van der Waals surface area contributed by atoms with E-state index in [-0.39, 0.29) is 12.5 Å². The molecule has 98 valence electrons. The molecule has 1 aromatic rings. The van der Waals surface area contributed by atoms with Gasteiger partial charge in [0.15, 0.2) is 0 Å². The molecule has 0 atom stereocenters. The van der Waals surface area contributed by atoms with E-state index < -0.39 is 0 Å². The normalized spacial score (nSPS) is 14.3. The van der Waals surface area contributed by atoms with Crippen LogP contribution in [0, 0.1) is 5.92 Å². The number of amides is 1. The largest absolute Gasteiger partial charge is 0.494 e. The number of anilines is 1. The van der Waals surface area contributed by atoms with Crippen LogP contribution in [0.3, 0.4) is 0 Å². The summed E-state index contributed by atoms with van der Waals surface area (Å²) in [6, 6.07) is 5.34. The third kappa shape index (κ3) is 3.47. The Hall–Kier alpha value is -1.55. The summed E-state index contributed by atoms with van der Waals surface area (Å²) in [5.41, 5.74) is 1.41. The fourth-order valence-corrected chi connectivity index (χ4v) is 1.87. The molecule has 0 aliphatic heterocycles. The molecule has 2 N–H and O–H groups in total. The van der Waals surface area contributed by atoms with E-state index in [0.717, 1.165) is 0 Å². The highest BCUT2D eigenvalue weighted by atomic mass is 16.5. The number of ether oxygens (including phenoxy) is 1. The highest BCUT2D eigenvalue weighted by molar-refractivity contribution is 5.91. The number of hydrogen-bond donors (Lipinski definition) is 2. The Kier molecular flexibility index (Phi) is 4.20. The molecule has 4 heteroatoms. The number of aliphatic hydroxyl groups is 1. The van der Waals surface area contributed by atoms with Crippen molar-refractivity contribution in [3.63, 3.8) is 0 Å². The molecular formula is C14H19NO3. The van der Waals surface area contributed by atoms with Gasteiger partial charge in [-0.3, -0.25) is 4.79 Å². The van der Waals surface area contributed by atoms with Crippen molar-refractivity contribution in [3.05, 3.63) is 23.8 Å². The lowest BCUT2D eigenvalue weighted by atomic mass is 10.1. The van der Waals surface area contributed by atoms with Gasteiger partial charge in [-0.25, -0.2) is 0 Å². The zero-order chi connectivity index (χ0) is 13.0. The topological polar surface area (TPSA) is 58.6 Å². The SMILES string of the molecule is CCOc1ccc(NC(=O)CC2CC2)cc1CO. The van der Waals surface area contributed by atoms with E-state index in [2.05, 4.69) is 5.32 Å². The van der Waals surface area contributed by atoms with Crippen molar-refractivity contribution in [1.29, 1.82) is 0 Å². The van der Waals surface area contributed by atoms with Crippen molar-refractivity contribution in [3.8, 4) is 5.75 Å². The van der Waals surface area contributed by atoms with Crippen molar-refractivity contribution in [2.45, 2.75) is 32.8 Å². The number of carbonyl (C=O) groups is 1. The third-order valence-electron chi connectivity index (χ3n) is 2.99. The van der Waals surface area contributed by atoms with Gasteiger partial charge in [0.25, 0.3) is 0 Å². The monoisotopic (exact) mass is 249 g/mol. The van der Waals surface area contributed by atoms with Crippen LogP contribution in [0.15, 0.2) is 18.2 Å². The highest BCUT2D eigenvalue weighted by Crippen LogP contribution is 2.32. The van der Waals surface area contributed by atoms with E-state index in [4.69, 9.17) is 4.74 Å². The predicted octanol–water partition coefficient (Wildman–Crippen LogP) is 2.32. The van der Waals surface area contributed by atoms with Gasteiger partial charge in [0.1, 0.15) is 5.75 Å². The highest BCUT2D eigenvalue weighted by Gasteiger charge is 2.24. The number of carbonyl (C=O) groups excluding carboxylic acids is 1. The molecule has 4 nitrogen and oxygen atoms in total. The Bertz CT molecular complexity index is 427. The molecule has 0 aromatic heterocycles.